The Kier molecular flexibility index (Phi) is 7.04. The first-order valence-corrected chi connectivity index (χ1v) is 12.0. The molecule has 3 heterocycles. The van der Waals surface area contributed by atoms with E-state index >= 15 is 0 Å². The van der Waals surface area contributed by atoms with E-state index < -0.39 is 22.4 Å². The van der Waals surface area contributed by atoms with Crippen LogP contribution in [0.3, 0.4) is 0 Å². The molecule has 36 heavy (non-hydrogen) atoms. The van der Waals surface area contributed by atoms with E-state index in [2.05, 4.69) is 24.4 Å². The van der Waals surface area contributed by atoms with Crippen LogP contribution in [0.25, 0.3) is 22.2 Å². The molecule has 0 amide bonds. The van der Waals surface area contributed by atoms with Gasteiger partial charge in [-0.2, -0.15) is 4.72 Å². The minimum Gasteiger partial charge on any atom is -0.443 e. The van der Waals surface area contributed by atoms with Gasteiger partial charge in [0.25, 0.3) is 10.0 Å². The van der Waals surface area contributed by atoms with Crippen LogP contribution in [-0.2, 0) is 21.2 Å². The SMILES string of the molecule is C[C@H](NS(=O)(=O)c1cc2cnccc2o1)C(=O)CCc1cc(-c2ccc(OC(F)(F)F)cc2)ncn1. The molecule has 1 aromatic carbocycles. The number of Topliss-reactive ketones (excluding diaryl/α,β-unsaturated/α-hetero) is 1. The highest BCUT2D eigenvalue weighted by Gasteiger charge is 2.31. The third-order valence-corrected chi connectivity index (χ3v) is 6.50. The number of hydrogen-bond acceptors (Lipinski definition) is 8. The molecule has 1 N–H and O–H groups in total. The van der Waals surface area contributed by atoms with E-state index in [0.29, 0.717) is 27.9 Å². The maximum absolute atomic E-state index is 12.6. The average Bonchev–Trinajstić information content (AvgIpc) is 3.27. The van der Waals surface area contributed by atoms with Crippen molar-refractivity contribution in [1.29, 1.82) is 0 Å². The molecule has 0 fully saturated rings. The minimum atomic E-state index is -4.79. The van der Waals surface area contributed by atoms with Gasteiger partial charge in [-0.25, -0.2) is 18.4 Å². The zero-order valence-electron chi connectivity index (χ0n) is 18.7. The molecule has 0 saturated heterocycles. The summed E-state index contributed by atoms with van der Waals surface area (Å²) in [7, 11) is -4.08. The minimum absolute atomic E-state index is 0.0114. The van der Waals surface area contributed by atoms with Crippen LogP contribution in [0.15, 0.2) is 70.7 Å². The lowest BCUT2D eigenvalue weighted by Crippen LogP contribution is -2.38. The summed E-state index contributed by atoms with van der Waals surface area (Å²) in [5, 5.41) is 0.191. The molecule has 0 aliphatic rings. The number of carbonyl (C=O) groups excluding carboxylic acids is 1. The predicted octanol–water partition coefficient (Wildman–Crippen LogP) is 4.05. The zero-order valence-corrected chi connectivity index (χ0v) is 19.5. The Hall–Kier alpha value is -3.84. The molecule has 0 unspecified atom stereocenters. The molecule has 0 aliphatic carbocycles. The van der Waals surface area contributed by atoms with Crippen molar-refractivity contribution in [2.45, 2.75) is 37.3 Å². The second-order valence-corrected chi connectivity index (χ2v) is 9.40. The van der Waals surface area contributed by atoms with Crippen LogP contribution in [0.1, 0.15) is 19.0 Å². The van der Waals surface area contributed by atoms with E-state index in [1.165, 1.54) is 62.0 Å². The van der Waals surface area contributed by atoms with Crippen LogP contribution in [-0.4, -0.2) is 41.6 Å². The van der Waals surface area contributed by atoms with Gasteiger partial charge in [0.2, 0.25) is 5.09 Å². The van der Waals surface area contributed by atoms with Crippen LogP contribution >= 0.6 is 0 Å². The molecule has 0 aliphatic heterocycles. The van der Waals surface area contributed by atoms with Crippen molar-refractivity contribution < 1.29 is 35.5 Å². The molecule has 4 aromatic rings. The van der Waals surface area contributed by atoms with Crippen LogP contribution < -0.4 is 9.46 Å². The van der Waals surface area contributed by atoms with Crippen LogP contribution in [0.2, 0.25) is 0 Å². The number of hydrogen-bond donors (Lipinski definition) is 1. The fourth-order valence-electron chi connectivity index (χ4n) is 3.34. The van der Waals surface area contributed by atoms with Gasteiger partial charge in [-0.1, -0.05) is 0 Å². The van der Waals surface area contributed by atoms with Gasteiger partial charge in [0, 0.05) is 41.5 Å². The molecular weight excluding hydrogens is 501 g/mol. The molecule has 4 rings (SSSR count). The van der Waals surface area contributed by atoms with Gasteiger partial charge in [-0.15, -0.1) is 13.2 Å². The third-order valence-electron chi connectivity index (χ3n) is 5.11. The molecule has 0 saturated carbocycles. The molecule has 0 bridgehead atoms. The number of rotatable bonds is 9. The van der Waals surface area contributed by atoms with Crippen molar-refractivity contribution in [3.8, 4) is 17.0 Å². The number of aromatic nitrogens is 3. The van der Waals surface area contributed by atoms with Crippen molar-refractivity contribution in [2.75, 3.05) is 0 Å². The van der Waals surface area contributed by atoms with Crippen molar-refractivity contribution in [3.05, 3.63) is 66.9 Å². The van der Waals surface area contributed by atoms with Crippen molar-refractivity contribution in [3.63, 3.8) is 0 Å². The summed E-state index contributed by atoms with van der Waals surface area (Å²) in [6.45, 7) is 1.43. The molecule has 0 spiro atoms. The Bertz CT molecular complexity index is 1450. The topological polar surface area (TPSA) is 124 Å². The second-order valence-electron chi connectivity index (χ2n) is 7.75. The Labute approximate surface area is 203 Å². The van der Waals surface area contributed by atoms with E-state index in [0.717, 1.165) is 0 Å². The molecule has 3 aromatic heterocycles. The number of nitrogens with one attached hydrogen (secondary N) is 1. The number of halogens is 3. The number of sulfonamides is 1. The number of ether oxygens (including phenoxy) is 1. The Morgan fingerprint density at radius 2 is 1.89 bits per heavy atom. The number of furan rings is 1. The van der Waals surface area contributed by atoms with Gasteiger partial charge >= 0.3 is 6.36 Å². The predicted molar refractivity (Wildman–Crippen MR) is 121 cm³/mol. The first-order valence-electron chi connectivity index (χ1n) is 10.6. The maximum atomic E-state index is 12.6. The van der Waals surface area contributed by atoms with E-state index in [9.17, 15) is 26.4 Å². The first kappa shape index (κ1) is 25.3. The highest BCUT2D eigenvalue weighted by atomic mass is 32.2. The quantitative estimate of drug-likeness (QED) is 0.351. The van der Waals surface area contributed by atoms with Crippen LogP contribution in [0, 0.1) is 0 Å². The van der Waals surface area contributed by atoms with Crippen molar-refractivity contribution >= 4 is 26.8 Å². The number of nitrogens with zero attached hydrogens (tertiary/aromatic N) is 3. The molecule has 188 valence electrons. The molecule has 0 radical (unpaired) electrons. The normalized spacial score (nSPS) is 13.0. The monoisotopic (exact) mass is 520 g/mol. The van der Waals surface area contributed by atoms with Gasteiger partial charge in [-0.3, -0.25) is 9.78 Å². The standard InChI is InChI=1S/C23H19F3N4O5S/c1-14(30-36(32,33)22-10-16-12-27-9-8-21(16)34-22)20(31)7-4-17-11-19(29-13-28-17)15-2-5-18(6-3-15)35-23(24,25)26/h2-3,5-6,8-14,30H,4,7H2,1H3/t14-/m0/s1. The molecule has 13 heteroatoms. The van der Waals surface area contributed by atoms with Crippen molar-refractivity contribution in [1.82, 2.24) is 19.7 Å². The summed E-state index contributed by atoms with van der Waals surface area (Å²) in [5.74, 6) is -0.730. The van der Waals surface area contributed by atoms with E-state index in [4.69, 9.17) is 4.42 Å². The maximum Gasteiger partial charge on any atom is 0.573 e. The van der Waals surface area contributed by atoms with E-state index in [1.807, 2.05) is 0 Å². The van der Waals surface area contributed by atoms with E-state index in [-0.39, 0.29) is 29.5 Å². The van der Waals surface area contributed by atoms with E-state index in [1.54, 1.807) is 6.07 Å². The van der Waals surface area contributed by atoms with Crippen molar-refractivity contribution in [2.24, 2.45) is 0 Å². The zero-order chi connectivity index (χ0) is 25.9. The first-order chi connectivity index (χ1) is 17.0. The molecule has 9 nitrogen and oxygen atoms in total. The van der Waals surface area contributed by atoms with Gasteiger partial charge < -0.3 is 9.15 Å². The highest BCUT2D eigenvalue weighted by Crippen LogP contribution is 2.26. The number of alkyl halides is 3. The third kappa shape index (κ3) is 6.23. The summed E-state index contributed by atoms with van der Waals surface area (Å²) in [5.41, 5.74) is 1.83. The fraction of sp³-hybridized carbons (Fsp3) is 0.217. The summed E-state index contributed by atoms with van der Waals surface area (Å²) >= 11 is 0. The summed E-state index contributed by atoms with van der Waals surface area (Å²) in [4.78, 5) is 24.7. The van der Waals surface area contributed by atoms with Gasteiger partial charge in [0.15, 0.2) is 5.78 Å². The summed E-state index contributed by atoms with van der Waals surface area (Å²) in [6, 6.07) is 8.61. The summed E-state index contributed by atoms with van der Waals surface area (Å²) < 4.78 is 73.8. The van der Waals surface area contributed by atoms with Gasteiger partial charge in [0.1, 0.15) is 17.7 Å². The number of carbonyl (C=O) groups is 1. The number of benzene rings is 1. The Balaban J connectivity index is 1.37. The fourth-order valence-corrected chi connectivity index (χ4v) is 4.53. The van der Waals surface area contributed by atoms with Gasteiger partial charge in [0.05, 0.1) is 11.7 Å². The Morgan fingerprint density at radius 3 is 2.58 bits per heavy atom. The lowest BCUT2D eigenvalue weighted by molar-refractivity contribution is -0.274. The largest absolute Gasteiger partial charge is 0.573 e. The van der Waals surface area contributed by atoms with Crippen LogP contribution in [0.5, 0.6) is 5.75 Å². The highest BCUT2D eigenvalue weighted by molar-refractivity contribution is 7.89. The number of ketones is 1. The van der Waals surface area contributed by atoms with Gasteiger partial charge in [-0.05, 0) is 49.7 Å². The molecular formula is C23H19F3N4O5S. The smallest absolute Gasteiger partial charge is 0.443 e. The Morgan fingerprint density at radius 1 is 1.14 bits per heavy atom. The number of pyridine rings is 1. The van der Waals surface area contributed by atoms with Crippen LogP contribution in [0.4, 0.5) is 13.2 Å². The lowest BCUT2D eigenvalue weighted by atomic mass is 10.1. The second kappa shape index (κ2) is 10.0. The lowest BCUT2D eigenvalue weighted by Gasteiger charge is -2.12. The number of aryl methyl sites for hydroxylation is 1. The summed E-state index contributed by atoms with van der Waals surface area (Å²) in [6.07, 6.45) is -0.387. The molecule has 1 atom stereocenters. The number of fused-ring (bicyclic) bond motifs is 1. The average molecular weight is 520 g/mol.